The van der Waals surface area contributed by atoms with Crippen molar-refractivity contribution in [2.24, 2.45) is 0 Å². The molecule has 88 valence electrons. The number of hydrogen-bond acceptors (Lipinski definition) is 3. The molecule has 0 radical (unpaired) electrons. The van der Waals surface area contributed by atoms with Crippen molar-refractivity contribution in [2.45, 2.75) is 6.10 Å². The van der Waals surface area contributed by atoms with E-state index in [1.54, 1.807) is 12.1 Å². The Kier molecular flexibility index (Phi) is 4.18. The Morgan fingerprint density at radius 2 is 1.88 bits per heavy atom. The SMILES string of the molecule is O[C@H](CN1CCOCC1)c1ccc(Cl)cc1. The number of nitrogens with zero attached hydrogens (tertiary/aromatic N) is 1. The summed E-state index contributed by atoms with van der Waals surface area (Å²) < 4.78 is 5.26. The maximum absolute atomic E-state index is 10.0. The molecule has 0 saturated carbocycles. The molecule has 1 aromatic carbocycles. The molecule has 0 amide bonds. The molecule has 0 unspecified atom stereocenters. The summed E-state index contributed by atoms with van der Waals surface area (Å²) in [7, 11) is 0. The molecule has 3 nitrogen and oxygen atoms in total. The number of β-amino-alcohol motifs (C(OH)–C–C–N with tert-alkyl or cyclic N) is 1. The third-order valence-corrected chi connectivity index (χ3v) is 3.04. The van der Waals surface area contributed by atoms with Gasteiger partial charge in [-0.3, -0.25) is 4.90 Å². The minimum atomic E-state index is -0.449. The van der Waals surface area contributed by atoms with Crippen molar-refractivity contribution in [3.63, 3.8) is 0 Å². The minimum absolute atomic E-state index is 0.449. The average Bonchev–Trinajstić information content (AvgIpc) is 2.31. The van der Waals surface area contributed by atoms with Gasteiger partial charge in [0.05, 0.1) is 19.3 Å². The lowest BCUT2D eigenvalue weighted by atomic mass is 10.1. The zero-order valence-corrected chi connectivity index (χ0v) is 9.86. The third kappa shape index (κ3) is 3.19. The van der Waals surface area contributed by atoms with Crippen LogP contribution in [0.25, 0.3) is 0 Å². The fourth-order valence-corrected chi connectivity index (χ4v) is 1.94. The van der Waals surface area contributed by atoms with Crippen LogP contribution in [0.15, 0.2) is 24.3 Å². The second-order valence-electron chi connectivity index (χ2n) is 3.98. The predicted molar refractivity (Wildman–Crippen MR) is 63.7 cm³/mol. The molecule has 0 spiro atoms. The van der Waals surface area contributed by atoms with Crippen LogP contribution in [-0.2, 0) is 4.74 Å². The molecule has 1 aromatic rings. The topological polar surface area (TPSA) is 32.7 Å². The highest BCUT2D eigenvalue weighted by Crippen LogP contribution is 2.17. The van der Waals surface area contributed by atoms with Crippen LogP contribution in [0.2, 0.25) is 5.02 Å². The summed E-state index contributed by atoms with van der Waals surface area (Å²) in [4.78, 5) is 2.21. The molecule has 1 aliphatic heterocycles. The van der Waals surface area contributed by atoms with E-state index in [2.05, 4.69) is 4.90 Å². The molecule has 2 rings (SSSR count). The molecule has 1 aliphatic rings. The van der Waals surface area contributed by atoms with Gasteiger partial charge < -0.3 is 9.84 Å². The third-order valence-electron chi connectivity index (χ3n) is 2.79. The first-order chi connectivity index (χ1) is 7.75. The van der Waals surface area contributed by atoms with Crippen molar-refractivity contribution >= 4 is 11.6 Å². The van der Waals surface area contributed by atoms with Gasteiger partial charge in [0, 0.05) is 24.7 Å². The first kappa shape index (κ1) is 11.9. The van der Waals surface area contributed by atoms with Gasteiger partial charge in [0.1, 0.15) is 0 Å². The van der Waals surface area contributed by atoms with E-state index in [9.17, 15) is 5.11 Å². The smallest absolute Gasteiger partial charge is 0.0916 e. The van der Waals surface area contributed by atoms with E-state index in [4.69, 9.17) is 16.3 Å². The number of aliphatic hydroxyl groups is 1. The Labute approximate surface area is 101 Å². The molecular formula is C12H16ClNO2. The van der Waals surface area contributed by atoms with E-state index in [-0.39, 0.29) is 0 Å². The Bertz CT molecular complexity index is 322. The highest BCUT2D eigenvalue weighted by Gasteiger charge is 2.15. The van der Waals surface area contributed by atoms with Gasteiger partial charge in [-0.25, -0.2) is 0 Å². The minimum Gasteiger partial charge on any atom is -0.387 e. The second-order valence-corrected chi connectivity index (χ2v) is 4.42. The van der Waals surface area contributed by atoms with Crippen LogP contribution in [0.4, 0.5) is 0 Å². The van der Waals surface area contributed by atoms with E-state index in [1.165, 1.54) is 0 Å². The lowest BCUT2D eigenvalue weighted by Gasteiger charge is -2.28. The Hall–Kier alpha value is -0.610. The molecule has 0 aromatic heterocycles. The van der Waals surface area contributed by atoms with E-state index < -0.39 is 6.10 Å². The normalized spacial score (nSPS) is 19.6. The van der Waals surface area contributed by atoms with Crippen molar-refractivity contribution in [3.05, 3.63) is 34.9 Å². The molecule has 16 heavy (non-hydrogen) atoms. The summed E-state index contributed by atoms with van der Waals surface area (Å²) in [6, 6.07) is 7.35. The summed E-state index contributed by atoms with van der Waals surface area (Å²) >= 11 is 5.80. The summed E-state index contributed by atoms with van der Waals surface area (Å²) in [5.74, 6) is 0. The molecule has 1 N–H and O–H groups in total. The number of rotatable bonds is 3. The summed E-state index contributed by atoms with van der Waals surface area (Å²) in [5, 5.41) is 10.7. The lowest BCUT2D eigenvalue weighted by molar-refractivity contribution is 0.0143. The highest BCUT2D eigenvalue weighted by atomic mass is 35.5. The lowest BCUT2D eigenvalue weighted by Crippen LogP contribution is -2.38. The Balaban J connectivity index is 1.91. The van der Waals surface area contributed by atoms with Crippen molar-refractivity contribution in [2.75, 3.05) is 32.8 Å². The Morgan fingerprint density at radius 1 is 1.25 bits per heavy atom. The number of benzene rings is 1. The molecule has 1 atom stereocenters. The number of hydrogen-bond donors (Lipinski definition) is 1. The van der Waals surface area contributed by atoms with E-state index in [1.807, 2.05) is 12.1 Å². The van der Waals surface area contributed by atoms with Crippen LogP contribution < -0.4 is 0 Å². The fourth-order valence-electron chi connectivity index (χ4n) is 1.82. The van der Waals surface area contributed by atoms with Gasteiger partial charge >= 0.3 is 0 Å². The van der Waals surface area contributed by atoms with Crippen LogP contribution in [-0.4, -0.2) is 42.9 Å². The van der Waals surface area contributed by atoms with Gasteiger partial charge in [-0.1, -0.05) is 23.7 Å². The number of halogens is 1. The van der Waals surface area contributed by atoms with Crippen molar-refractivity contribution in [1.29, 1.82) is 0 Å². The van der Waals surface area contributed by atoms with Crippen LogP contribution in [0, 0.1) is 0 Å². The number of aliphatic hydroxyl groups excluding tert-OH is 1. The average molecular weight is 242 g/mol. The van der Waals surface area contributed by atoms with Crippen molar-refractivity contribution < 1.29 is 9.84 Å². The number of ether oxygens (including phenoxy) is 1. The zero-order valence-electron chi connectivity index (χ0n) is 9.10. The highest BCUT2D eigenvalue weighted by molar-refractivity contribution is 6.30. The second kappa shape index (κ2) is 5.64. The van der Waals surface area contributed by atoms with Crippen LogP contribution >= 0.6 is 11.6 Å². The molecule has 1 fully saturated rings. The van der Waals surface area contributed by atoms with Crippen LogP contribution in [0.1, 0.15) is 11.7 Å². The van der Waals surface area contributed by atoms with Gasteiger partial charge in [0.15, 0.2) is 0 Å². The molecule has 1 heterocycles. The van der Waals surface area contributed by atoms with Gasteiger partial charge in [-0.2, -0.15) is 0 Å². The van der Waals surface area contributed by atoms with Gasteiger partial charge in [-0.15, -0.1) is 0 Å². The maximum atomic E-state index is 10.0. The van der Waals surface area contributed by atoms with Crippen LogP contribution in [0.3, 0.4) is 0 Å². The van der Waals surface area contributed by atoms with E-state index >= 15 is 0 Å². The van der Waals surface area contributed by atoms with Gasteiger partial charge in [-0.05, 0) is 17.7 Å². The monoisotopic (exact) mass is 241 g/mol. The summed E-state index contributed by atoms with van der Waals surface area (Å²) in [6.07, 6.45) is -0.449. The van der Waals surface area contributed by atoms with Crippen LogP contribution in [0.5, 0.6) is 0 Å². The summed E-state index contributed by atoms with van der Waals surface area (Å²) in [6.45, 7) is 3.96. The molecule has 0 bridgehead atoms. The van der Waals surface area contributed by atoms with E-state index in [0.29, 0.717) is 11.6 Å². The fraction of sp³-hybridized carbons (Fsp3) is 0.500. The first-order valence-corrected chi connectivity index (χ1v) is 5.87. The van der Waals surface area contributed by atoms with Gasteiger partial charge in [0.25, 0.3) is 0 Å². The molecule has 0 aliphatic carbocycles. The quantitative estimate of drug-likeness (QED) is 0.875. The largest absolute Gasteiger partial charge is 0.387 e. The molecule has 1 saturated heterocycles. The molecule has 4 heteroatoms. The van der Waals surface area contributed by atoms with E-state index in [0.717, 1.165) is 31.9 Å². The Morgan fingerprint density at radius 3 is 2.50 bits per heavy atom. The summed E-state index contributed by atoms with van der Waals surface area (Å²) in [5.41, 5.74) is 0.913. The molecular weight excluding hydrogens is 226 g/mol. The van der Waals surface area contributed by atoms with Gasteiger partial charge in [0.2, 0.25) is 0 Å². The zero-order chi connectivity index (χ0) is 11.4. The van der Waals surface area contributed by atoms with Crippen molar-refractivity contribution in [3.8, 4) is 0 Å². The number of morpholine rings is 1. The first-order valence-electron chi connectivity index (χ1n) is 5.49. The predicted octanol–water partition coefficient (Wildman–Crippen LogP) is 1.71. The maximum Gasteiger partial charge on any atom is 0.0916 e. The standard InChI is InChI=1S/C12H16ClNO2/c13-11-3-1-10(2-4-11)12(15)9-14-5-7-16-8-6-14/h1-4,12,15H,5-9H2/t12-/m1/s1. The van der Waals surface area contributed by atoms with Crippen molar-refractivity contribution in [1.82, 2.24) is 4.90 Å².